The SMILES string of the molecule is CCC(CC)(CNC1CCCCC1C#N)SC. The van der Waals surface area contributed by atoms with E-state index in [-0.39, 0.29) is 5.92 Å². The molecule has 0 amide bonds. The molecule has 0 saturated heterocycles. The van der Waals surface area contributed by atoms with Gasteiger partial charge in [0.25, 0.3) is 0 Å². The van der Waals surface area contributed by atoms with Gasteiger partial charge in [-0.25, -0.2) is 0 Å². The Hall–Kier alpha value is -0.200. The minimum absolute atomic E-state index is 0.233. The van der Waals surface area contributed by atoms with E-state index in [9.17, 15) is 0 Å². The Bertz CT molecular complexity index is 247. The fraction of sp³-hybridized carbons (Fsp3) is 0.929. The Morgan fingerprint density at radius 3 is 2.47 bits per heavy atom. The predicted molar refractivity (Wildman–Crippen MR) is 76.2 cm³/mol. The zero-order valence-electron chi connectivity index (χ0n) is 11.5. The van der Waals surface area contributed by atoms with Gasteiger partial charge in [-0.2, -0.15) is 17.0 Å². The van der Waals surface area contributed by atoms with Crippen LogP contribution in [-0.2, 0) is 0 Å². The molecule has 1 fully saturated rings. The first-order chi connectivity index (χ1) is 8.21. The van der Waals surface area contributed by atoms with Crippen LogP contribution in [0.15, 0.2) is 0 Å². The van der Waals surface area contributed by atoms with Crippen molar-refractivity contribution in [2.24, 2.45) is 5.92 Å². The van der Waals surface area contributed by atoms with Crippen LogP contribution in [0.4, 0.5) is 0 Å². The molecule has 0 radical (unpaired) electrons. The smallest absolute Gasteiger partial charge is 0.0672 e. The fourth-order valence-corrected chi connectivity index (χ4v) is 3.51. The second-order valence-electron chi connectivity index (χ2n) is 5.10. The number of thioether (sulfide) groups is 1. The number of nitriles is 1. The molecule has 1 saturated carbocycles. The van der Waals surface area contributed by atoms with Crippen molar-refractivity contribution in [2.45, 2.75) is 63.2 Å². The van der Waals surface area contributed by atoms with Crippen molar-refractivity contribution in [3.8, 4) is 6.07 Å². The van der Waals surface area contributed by atoms with E-state index in [0.717, 1.165) is 13.0 Å². The maximum atomic E-state index is 9.17. The van der Waals surface area contributed by atoms with Gasteiger partial charge in [0.2, 0.25) is 0 Å². The molecular formula is C14H26N2S. The lowest BCUT2D eigenvalue weighted by Crippen LogP contribution is -2.45. The first-order valence-corrected chi connectivity index (χ1v) is 8.12. The molecule has 1 N–H and O–H groups in total. The van der Waals surface area contributed by atoms with Crippen molar-refractivity contribution in [1.82, 2.24) is 5.32 Å². The fourth-order valence-electron chi connectivity index (χ4n) is 2.71. The van der Waals surface area contributed by atoms with E-state index in [1.54, 1.807) is 0 Å². The largest absolute Gasteiger partial charge is 0.311 e. The van der Waals surface area contributed by atoms with E-state index in [1.165, 1.54) is 32.1 Å². The van der Waals surface area contributed by atoms with Crippen LogP contribution in [0.3, 0.4) is 0 Å². The van der Waals surface area contributed by atoms with Gasteiger partial charge in [-0.05, 0) is 31.9 Å². The highest BCUT2D eigenvalue weighted by molar-refractivity contribution is 8.00. The molecule has 0 aromatic carbocycles. The minimum atomic E-state index is 0.233. The summed E-state index contributed by atoms with van der Waals surface area (Å²) in [6.45, 7) is 5.58. The third-order valence-corrected chi connectivity index (χ3v) is 5.93. The molecule has 0 spiro atoms. The first-order valence-electron chi connectivity index (χ1n) is 6.89. The molecule has 0 aromatic rings. The average molecular weight is 254 g/mol. The van der Waals surface area contributed by atoms with Gasteiger partial charge in [0.1, 0.15) is 0 Å². The number of hydrogen-bond acceptors (Lipinski definition) is 3. The summed E-state index contributed by atoms with van der Waals surface area (Å²) in [5.74, 6) is 0.233. The summed E-state index contributed by atoms with van der Waals surface area (Å²) in [6.07, 6.45) is 9.36. The van der Waals surface area contributed by atoms with Gasteiger partial charge in [-0.15, -0.1) is 0 Å². The molecule has 0 aromatic heterocycles. The van der Waals surface area contributed by atoms with Crippen LogP contribution in [0, 0.1) is 17.2 Å². The molecule has 2 atom stereocenters. The van der Waals surface area contributed by atoms with Crippen molar-refractivity contribution in [1.29, 1.82) is 5.26 Å². The van der Waals surface area contributed by atoms with Crippen LogP contribution >= 0.6 is 11.8 Å². The van der Waals surface area contributed by atoms with Crippen LogP contribution in [0.5, 0.6) is 0 Å². The van der Waals surface area contributed by atoms with Crippen molar-refractivity contribution in [2.75, 3.05) is 12.8 Å². The highest BCUT2D eigenvalue weighted by Gasteiger charge is 2.29. The molecule has 2 unspecified atom stereocenters. The summed E-state index contributed by atoms with van der Waals surface area (Å²) in [5, 5.41) is 12.8. The summed E-state index contributed by atoms with van der Waals surface area (Å²) in [7, 11) is 0. The predicted octanol–water partition coefficient (Wildman–Crippen LogP) is 3.58. The average Bonchev–Trinajstić information content (AvgIpc) is 2.41. The third kappa shape index (κ3) is 3.89. The standard InChI is InChI=1S/C14H26N2S/c1-4-14(5-2,17-3)11-16-13-9-7-6-8-12(13)10-15/h12-13,16H,4-9,11H2,1-3H3. The Labute approximate surface area is 111 Å². The van der Waals surface area contributed by atoms with Gasteiger partial charge in [0.15, 0.2) is 0 Å². The molecule has 1 aliphatic carbocycles. The van der Waals surface area contributed by atoms with Crippen molar-refractivity contribution in [3.63, 3.8) is 0 Å². The van der Waals surface area contributed by atoms with Gasteiger partial charge >= 0.3 is 0 Å². The van der Waals surface area contributed by atoms with E-state index in [4.69, 9.17) is 5.26 Å². The van der Waals surface area contributed by atoms with Crippen LogP contribution in [0.25, 0.3) is 0 Å². The summed E-state index contributed by atoms with van der Waals surface area (Å²) >= 11 is 1.97. The molecule has 1 aliphatic rings. The summed E-state index contributed by atoms with van der Waals surface area (Å²) in [4.78, 5) is 0. The molecule has 0 bridgehead atoms. The van der Waals surface area contributed by atoms with Gasteiger partial charge < -0.3 is 5.32 Å². The molecule has 0 heterocycles. The van der Waals surface area contributed by atoms with Crippen molar-refractivity contribution >= 4 is 11.8 Å². The first kappa shape index (κ1) is 14.9. The second kappa shape index (κ2) is 7.28. The Kier molecular flexibility index (Phi) is 6.37. The number of rotatable bonds is 6. The van der Waals surface area contributed by atoms with Gasteiger partial charge in [0.05, 0.1) is 12.0 Å². The Morgan fingerprint density at radius 1 is 1.29 bits per heavy atom. The summed E-state index contributed by atoms with van der Waals surface area (Å²) in [6, 6.07) is 2.90. The minimum Gasteiger partial charge on any atom is -0.311 e. The monoisotopic (exact) mass is 254 g/mol. The van der Waals surface area contributed by atoms with Crippen LogP contribution in [0.2, 0.25) is 0 Å². The highest BCUT2D eigenvalue weighted by Crippen LogP contribution is 2.31. The lowest BCUT2D eigenvalue weighted by Gasteiger charge is -2.35. The Balaban J connectivity index is 2.50. The van der Waals surface area contributed by atoms with E-state index in [1.807, 2.05) is 11.8 Å². The molecule has 0 aliphatic heterocycles. The zero-order valence-corrected chi connectivity index (χ0v) is 12.3. The van der Waals surface area contributed by atoms with Crippen molar-refractivity contribution in [3.05, 3.63) is 0 Å². The van der Waals surface area contributed by atoms with Gasteiger partial charge in [-0.3, -0.25) is 0 Å². The van der Waals surface area contributed by atoms with Gasteiger partial charge in [-0.1, -0.05) is 26.7 Å². The molecule has 17 heavy (non-hydrogen) atoms. The highest BCUT2D eigenvalue weighted by atomic mass is 32.2. The number of nitrogens with zero attached hydrogens (tertiary/aromatic N) is 1. The molecule has 98 valence electrons. The number of nitrogens with one attached hydrogen (secondary N) is 1. The Morgan fingerprint density at radius 2 is 1.94 bits per heavy atom. The van der Waals surface area contributed by atoms with E-state index >= 15 is 0 Å². The molecule has 1 rings (SSSR count). The second-order valence-corrected chi connectivity index (χ2v) is 6.38. The zero-order chi connectivity index (χ0) is 12.7. The van der Waals surface area contributed by atoms with Gasteiger partial charge in [0, 0.05) is 17.3 Å². The van der Waals surface area contributed by atoms with Crippen LogP contribution in [0.1, 0.15) is 52.4 Å². The van der Waals surface area contributed by atoms with E-state index in [2.05, 4.69) is 31.5 Å². The molecule has 3 heteroatoms. The summed E-state index contributed by atoms with van der Waals surface area (Å²) < 4.78 is 0.359. The summed E-state index contributed by atoms with van der Waals surface area (Å²) in [5.41, 5.74) is 0. The lowest BCUT2D eigenvalue weighted by molar-refractivity contribution is 0.300. The lowest BCUT2D eigenvalue weighted by atomic mass is 9.85. The maximum absolute atomic E-state index is 9.17. The third-order valence-electron chi connectivity index (χ3n) is 4.34. The molecular weight excluding hydrogens is 228 g/mol. The quantitative estimate of drug-likeness (QED) is 0.787. The maximum Gasteiger partial charge on any atom is 0.0672 e. The number of hydrogen-bond donors (Lipinski definition) is 1. The van der Waals surface area contributed by atoms with E-state index < -0.39 is 0 Å². The van der Waals surface area contributed by atoms with Crippen LogP contribution in [-0.4, -0.2) is 23.6 Å². The normalized spacial score (nSPS) is 25.5. The topological polar surface area (TPSA) is 35.8 Å². The molecule has 2 nitrogen and oxygen atoms in total. The van der Waals surface area contributed by atoms with Crippen molar-refractivity contribution < 1.29 is 0 Å². The van der Waals surface area contributed by atoms with Crippen LogP contribution < -0.4 is 5.32 Å². The van der Waals surface area contributed by atoms with E-state index in [0.29, 0.717) is 10.8 Å².